The van der Waals surface area contributed by atoms with E-state index >= 15 is 0 Å². The van der Waals surface area contributed by atoms with E-state index in [2.05, 4.69) is 21.2 Å². The van der Waals surface area contributed by atoms with Gasteiger partial charge in [0.15, 0.2) is 0 Å². The van der Waals surface area contributed by atoms with Gasteiger partial charge in [-0.05, 0) is 48.9 Å². The van der Waals surface area contributed by atoms with E-state index < -0.39 is 0 Å². The van der Waals surface area contributed by atoms with Gasteiger partial charge in [0.25, 0.3) is 5.91 Å². The number of hydrogen-bond donors (Lipinski definition) is 2. The minimum atomic E-state index is -0.245. The third-order valence-electron chi connectivity index (χ3n) is 2.92. The van der Waals surface area contributed by atoms with Crippen LogP contribution in [0.1, 0.15) is 21.5 Å². The lowest BCUT2D eigenvalue weighted by molar-refractivity contribution is 0.102. The summed E-state index contributed by atoms with van der Waals surface area (Å²) in [6.45, 7) is 1.85. The van der Waals surface area contributed by atoms with Crippen LogP contribution in [0.4, 0.5) is 5.69 Å². The molecule has 108 valence electrons. The lowest BCUT2D eigenvalue weighted by Crippen LogP contribution is -2.17. The summed E-state index contributed by atoms with van der Waals surface area (Å²) >= 11 is 14.3. The maximum atomic E-state index is 12.3. The Bertz CT molecular complexity index is 734. The molecule has 0 spiro atoms. The van der Waals surface area contributed by atoms with Gasteiger partial charge in [-0.15, -0.1) is 0 Å². The molecule has 0 unspecified atom stereocenters. The monoisotopic (exact) mass is 382 g/mol. The molecule has 0 fully saturated rings. The molecule has 0 heterocycles. The Labute approximate surface area is 141 Å². The summed E-state index contributed by atoms with van der Waals surface area (Å²) in [6, 6.07) is 10.4. The van der Waals surface area contributed by atoms with Gasteiger partial charge in [0.2, 0.25) is 0 Å². The summed E-state index contributed by atoms with van der Waals surface area (Å²) in [5.41, 5.74) is 8.21. The zero-order valence-electron chi connectivity index (χ0n) is 11.1. The molecule has 3 nitrogen and oxygen atoms in total. The molecule has 0 aliphatic carbocycles. The van der Waals surface area contributed by atoms with Crippen molar-refractivity contribution in [1.82, 2.24) is 0 Å². The van der Waals surface area contributed by atoms with Crippen LogP contribution in [0.25, 0.3) is 0 Å². The first-order chi connectivity index (χ1) is 9.88. The summed E-state index contributed by atoms with van der Waals surface area (Å²) in [5, 5.41) is 3.44. The van der Waals surface area contributed by atoms with Crippen LogP contribution >= 0.6 is 39.7 Å². The minimum Gasteiger partial charge on any atom is -0.389 e. The van der Waals surface area contributed by atoms with Gasteiger partial charge in [0, 0.05) is 20.6 Å². The number of carbonyl (C=O) groups excluding carboxylic acids is 1. The number of carbonyl (C=O) groups is 1. The molecule has 1 amide bonds. The normalized spacial score (nSPS) is 10.2. The Morgan fingerprint density at radius 1 is 1.29 bits per heavy atom. The molecule has 2 aromatic carbocycles. The number of hydrogen-bond acceptors (Lipinski definition) is 2. The molecular weight excluding hydrogens is 372 g/mol. The lowest BCUT2D eigenvalue weighted by Gasteiger charge is -2.11. The van der Waals surface area contributed by atoms with Crippen molar-refractivity contribution in [3.05, 3.63) is 62.6 Å². The van der Waals surface area contributed by atoms with Gasteiger partial charge in [0.1, 0.15) is 4.99 Å². The summed E-state index contributed by atoms with van der Waals surface area (Å²) in [7, 11) is 0. The molecule has 2 aromatic rings. The van der Waals surface area contributed by atoms with E-state index in [9.17, 15) is 4.79 Å². The lowest BCUT2D eigenvalue weighted by atomic mass is 10.1. The largest absolute Gasteiger partial charge is 0.389 e. The molecule has 0 aromatic heterocycles. The summed E-state index contributed by atoms with van der Waals surface area (Å²) in [6.07, 6.45) is 0. The van der Waals surface area contributed by atoms with Crippen molar-refractivity contribution in [3.63, 3.8) is 0 Å². The molecular formula is C15H12BrClN2OS. The highest BCUT2D eigenvalue weighted by atomic mass is 79.9. The summed E-state index contributed by atoms with van der Waals surface area (Å²) in [4.78, 5) is 12.5. The fraction of sp³-hybridized carbons (Fsp3) is 0.0667. The van der Waals surface area contributed by atoms with Crippen LogP contribution in [0.3, 0.4) is 0 Å². The van der Waals surface area contributed by atoms with Gasteiger partial charge >= 0.3 is 0 Å². The molecule has 0 aliphatic rings. The minimum absolute atomic E-state index is 0.227. The van der Waals surface area contributed by atoms with Gasteiger partial charge < -0.3 is 11.1 Å². The highest BCUT2D eigenvalue weighted by Crippen LogP contribution is 2.23. The molecule has 0 atom stereocenters. The van der Waals surface area contributed by atoms with Crippen molar-refractivity contribution < 1.29 is 4.79 Å². The third-order valence-corrected chi connectivity index (χ3v) is 4.05. The topological polar surface area (TPSA) is 55.1 Å². The quantitative estimate of drug-likeness (QED) is 0.777. The Hall–Kier alpha value is -1.43. The van der Waals surface area contributed by atoms with Crippen LogP contribution in [0.2, 0.25) is 5.02 Å². The van der Waals surface area contributed by atoms with Gasteiger partial charge in [-0.25, -0.2) is 0 Å². The van der Waals surface area contributed by atoms with E-state index in [1.807, 2.05) is 13.0 Å². The van der Waals surface area contributed by atoms with Crippen LogP contribution in [0.5, 0.6) is 0 Å². The fourth-order valence-electron chi connectivity index (χ4n) is 1.82. The number of nitrogens with one attached hydrogen (secondary N) is 1. The summed E-state index contributed by atoms with van der Waals surface area (Å²) in [5.74, 6) is -0.245. The van der Waals surface area contributed by atoms with Crippen molar-refractivity contribution in [2.24, 2.45) is 5.73 Å². The second-order valence-electron chi connectivity index (χ2n) is 4.47. The maximum absolute atomic E-state index is 12.3. The molecule has 6 heteroatoms. The van der Waals surface area contributed by atoms with Crippen LogP contribution < -0.4 is 11.1 Å². The fourth-order valence-corrected chi connectivity index (χ4v) is 2.47. The number of thiocarbonyl (C=S) groups is 1. The van der Waals surface area contributed by atoms with E-state index in [-0.39, 0.29) is 10.9 Å². The number of nitrogens with two attached hydrogens (primary N) is 1. The van der Waals surface area contributed by atoms with E-state index in [0.29, 0.717) is 21.8 Å². The molecule has 21 heavy (non-hydrogen) atoms. The second-order valence-corrected chi connectivity index (χ2v) is 6.23. The van der Waals surface area contributed by atoms with Crippen LogP contribution in [-0.2, 0) is 0 Å². The SMILES string of the molecule is Cc1cc(C(=O)Nc2cc(Br)ccc2C(N)=S)ccc1Cl. The molecule has 0 saturated heterocycles. The Morgan fingerprint density at radius 3 is 2.62 bits per heavy atom. The van der Waals surface area contributed by atoms with Gasteiger partial charge in [-0.1, -0.05) is 39.7 Å². The van der Waals surface area contributed by atoms with Crippen molar-refractivity contribution in [3.8, 4) is 0 Å². The van der Waals surface area contributed by atoms with E-state index in [1.165, 1.54) is 0 Å². The van der Waals surface area contributed by atoms with Crippen molar-refractivity contribution in [2.45, 2.75) is 6.92 Å². The Balaban J connectivity index is 2.33. The number of aryl methyl sites for hydroxylation is 1. The smallest absolute Gasteiger partial charge is 0.255 e. The van der Waals surface area contributed by atoms with Crippen LogP contribution in [0, 0.1) is 6.92 Å². The van der Waals surface area contributed by atoms with Crippen molar-refractivity contribution in [2.75, 3.05) is 5.32 Å². The van der Waals surface area contributed by atoms with E-state index in [1.54, 1.807) is 30.3 Å². The standard InChI is InChI=1S/C15H12BrClN2OS/c1-8-6-9(2-5-12(8)17)15(20)19-13-7-10(16)3-4-11(13)14(18)21/h2-7H,1H3,(H2,18,21)(H,19,20). The van der Waals surface area contributed by atoms with Gasteiger partial charge in [-0.2, -0.15) is 0 Å². The molecule has 0 radical (unpaired) electrons. The average Bonchev–Trinajstić information content (AvgIpc) is 2.41. The number of halogens is 2. The van der Waals surface area contributed by atoms with Crippen molar-refractivity contribution in [1.29, 1.82) is 0 Å². The molecule has 3 N–H and O–H groups in total. The van der Waals surface area contributed by atoms with E-state index in [4.69, 9.17) is 29.6 Å². The van der Waals surface area contributed by atoms with Crippen LogP contribution in [0.15, 0.2) is 40.9 Å². The zero-order valence-corrected chi connectivity index (χ0v) is 14.3. The number of benzene rings is 2. The second kappa shape index (κ2) is 6.56. The maximum Gasteiger partial charge on any atom is 0.255 e. The van der Waals surface area contributed by atoms with Gasteiger partial charge in [-0.3, -0.25) is 4.79 Å². The van der Waals surface area contributed by atoms with Crippen molar-refractivity contribution >= 4 is 56.3 Å². The predicted molar refractivity (Wildman–Crippen MR) is 94.2 cm³/mol. The Morgan fingerprint density at radius 2 is 2.00 bits per heavy atom. The van der Waals surface area contributed by atoms with Crippen LogP contribution in [-0.4, -0.2) is 10.9 Å². The molecule has 0 aliphatic heterocycles. The Kier molecular flexibility index (Phi) is 4.98. The predicted octanol–water partition coefficient (Wildman–Crippen LogP) is 4.30. The number of amides is 1. The first-order valence-corrected chi connectivity index (χ1v) is 7.63. The van der Waals surface area contributed by atoms with Gasteiger partial charge in [0.05, 0.1) is 5.69 Å². The zero-order chi connectivity index (χ0) is 15.6. The average molecular weight is 384 g/mol. The molecule has 0 saturated carbocycles. The summed E-state index contributed by atoms with van der Waals surface area (Å²) < 4.78 is 0.824. The third kappa shape index (κ3) is 3.81. The molecule has 2 rings (SSSR count). The first-order valence-electron chi connectivity index (χ1n) is 6.05. The first kappa shape index (κ1) is 15.9. The van der Waals surface area contributed by atoms with E-state index in [0.717, 1.165) is 10.0 Å². The molecule has 0 bridgehead atoms. The number of rotatable bonds is 3. The number of anilines is 1. The highest BCUT2D eigenvalue weighted by Gasteiger charge is 2.12. The highest BCUT2D eigenvalue weighted by molar-refractivity contribution is 9.10.